The summed E-state index contributed by atoms with van der Waals surface area (Å²) in [5.41, 5.74) is 3.25. The number of aromatic nitrogens is 2. The SMILES string of the molecule is COc1ccc(-c2[nH]ncc2CNC2CC2)cc1OC. The van der Waals surface area contributed by atoms with Crippen LogP contribution in [0.5, 0.6) is 11.5 Å². The van der Waals surface area contributed by atoms with Crippen molar-refractivity contribution in [3.05, 3.63) is 30.0 Å². The van der Waals surface area contributed by atoms with Crippen LogP contribution in [-0.2, 0) is 6.54 Å². The maximum Gasteiger partial charge on any atom is 0.161 e. The Morgan fingerprint density at radius 1 is 1.25 bits per heavy atom. The molecule has 5 nitrogen and oxygen atoms in total. The first-order valence-electron chi connectivity index (χ1n) is 6.80. The molecule has 0 amide bonds. The Morgan fingerprint density at radius 3 is 2.75 bits per heavy atom. The highest BCUT2D eigenvalue weighted by Crippen LogP contribution is 2.32. The van der Waals surface area contributed by atoms with E-state index in [1.807, 2.05) is 24.4 Å². The molecule has 1 aromatic heterocycles. The number of rotatable bonds is 6. The summed E-state index contributed by atoms with van der Waals surface area (Å²) in [5.74, 6) is 1.45. The molecule has 0 saturated heterocycles. The fourth-order valence-corrected chi connectivity index (χ4v) is 2.23. The van der Waals surface area contributed by atoms with E-state index in [0.29, 0.717) is 6.04 Å². The Kier molecular flexibility index (Phi) is 3.60. The second-order valence-corrected chi connectivity index (χ2v) is 5.00. The number of nitrogens with zero attached hydrogens (tertiary/aromatic N) is 1. The van der Waals surface area contributed by atoms with Gasteiger partial charge in [0.05, 0.1) is 26.1 Å². The minimum Gasteiger partial charge on any atom is -0.493 e. The average Bonchev–Trinajstić information content (AvgIpc) is 3.21. The van der Waals surface area contributed by atoms with Crippen molar-refractivity contribution in [1.82, 2.24) is 15.5 Å². The van der Waals surface area contributed by atoms with Gasteiger partial charge in [-0.25, -0.2) is 0 Å². The van der Waals surface area contributed by atoms with Gasteiger partial charge in [0.25, 0.3) is 0 Å². The van der Waals surface area contributed by atoms with Gasteiger partial charge in [0, 0.05) is 23.7 Å². The van der Waals surface area contributed by atoms with E-state index in [0.717, 1.165) is 29.3 Å². The van der Waals surface area contributed by atoms with E-state index in [9.17, 15) is 0 Å². The number of nitrogens with one attached hydrogen (secondary N) is 2. The standard InChI is InChI=1S/C15H19N3O2/c1-19-13-6-3-10(7-14(13)20-2)15-11(9-17-18-15)8-16-12-4-5-12/h3,6-7,9,12,16H,4-5,8H2,1-2H3,(H,17,18). The zero-order valence-electron chi connectivity index (χ0n) is 11.8. The van der Waals surface area contributed by atoms with Gasteiger partial charge in [0.15, 0.2) is 11.5 Å². The van der Waals surface area contributed by atoms with Crippen molar-refractivity contribution in [2.45, 2.75) is 25.4 Å². The molecule has 20 heavy (non-hydrogen) atoms. The quantitative estimate of drug-likeness (QED) is 0.848. The van der Waals surface area contributed by atoms with Gasteiger partial charge in [-0.3, -0.25) is 5.10 Å². The van der Waals surface area contributed by atoms with E-state index >= 15 is 0 Å². The zero-order valence-corrected chi connectivity index (χ0v) is 11.8. The number of benzene rings is 1. The number of hydrogen-bond donors (Lipinski definition) is 2. The van der Waals surface area contributed by atoms with Gasteiger partial charge in [0.2, 0.25) is 0 Å². The van der Waals surface area contributed by atoms with Crippen LogP contribution in [0.15, 0.2) is 24.4 Å². The normalized spacial score (nSPS) is 14.3. The van der Waals surface area contributed by atoms with E-state index in [2.05, 4.69) is 15.5 Å². The average molecular weight is 273 g/mol. The molecule has 1 saturated carbocycles. The number of aromatic amines is 1. The largest absolute Gasteiger partial charge is 0.493 e. The Balaban J connectivity index is 1.86. The summed E-state index contributed by atoms with van der Waals surface area (Å²) in [6, 6.07) is 6.57. The molecule has 3 rings (SSSR count). The molecule has 2 N–H and O–H groups in total. The molecule has 0 aliphatic heterocycles. The fraction of sp³-hybridized carbons (Fsp3) is 0.400. The molecule has 5 heteroatoms. The smallest absolute Gasteiger partial charge is 0.161 e. The van der Waals surface area contributed by atoms with E-state index in [1.54, 1.807) is 14.2 Å². The number of H-pyrrole nitrogens is 1. The Labute approximate surface area is 118 Å². The van der Waals surface area contributed by atoms with Gasteiger partial charge >= 0.3 is 0 Å². The van der Waals surface area contributed by atoms with Gasteiger partial charge in [-0.2, -0.15) is 5.10 Å². The molecule has 0 radical (unpaired) electrons. The van der Waals surface area contributed by atoms with Gasteiger partial charge < -0.3 is 14.8 Å². The predicted molar refractivity (Wildman–Crippen MR) is 77.0 cm³/mol. The van der Waals surface area contributed by atoms with Crippen LogP contribution in [0.2, 0.25) is 0 Å². The van der Waals surface area contributed by atoms with Crippen LogP contribution in [0.25, 0.3) is 11.3 Å². The van der Waals surface area contributed by atoms with Crippen molar-refractivity contribution in [2.75, 3.05) is 14.2 Å². The lowest BCUT2D eigenvalue weighted by Gasteiger charge is -2.10. The van der Waals surface area contributed by atoms with Crippen LogP contribution in [0.4, 0.5) is 0 Å². The second-order valence-electron chi connectivity index (χ2n) is 5.00. The van der Waals surface area contributed by atoms with Crippen LogP contribution in [0.1, 0.15) is 18.4 Å². The number of ether oxygens (including phenoxy) is 2. The molecule has 0 atom stereocenters. The molecular formula is C15H19N3O2. The highest BCUT2D eigenvalue weighted by Gasteiger charge is 2.21. The molecule has 0 unspecified atom stereocenters. The van der Waals surface area contributed by atoms with E-state index in [1.165, 1.54) is 18.4 Å². The predicted octanol–water partition coefficient (Wildman–Crippen LogP) is 2.35. The van der Waals surface area contributed by atoms with Crippen molar-refractivity contribution in [2.24, 2.45) is 0 Å². The molecule has 1 aliphatic carbocycles. The Morgan fingerprint density at radius 2 is 2.05 bits per heavy atom. The maximum absolute atomic E-state index is 5.35. The first kappa shape index (κ1) is 13.0. The van der Waals surface area contributed by atoms with Crippen LogP contribution in [0, 0.1) is 0 Å². The minimum atomic E-state index is 0.683. The molecule has 1 aliphatic rings. The topological polar surface area (TPSA) is 59.2 Å². The first-order chi connectivity index (χ1) is 9.81. The molecule has 2 aromatic rings. The zero-order chi connectivity index (χ0) is 13.9. The van der Waals surface area contributed by atoms with Gasteiger partial charge in [-0.1, -0.05) is 0 Å². The highest BCUT2D eigenvalue weighted by molar-refractivity contribution is 5.66. The summed E-state index contributed by atoms with van der Waals surface area (Å²) in [4.78, 5) is 0. The summed E-state index contributed by atoms with van der Waals surface area (Å²) >= 11 is 0. The van der Waals surface area contributed by atoms with E-state index in [4.69, 9.17) is 9.47 Å². The summed E-state index contributed by atoms with van der Waals surface area (Å²) < 4.78 is 10.6. The lowest BCUT2D eigenvalue weighted by Crippen LogP contribution is -2.15. The number of methoxy groups -OCH3 is 2. The van der Waals surface area contributed by atoms with E-state index < -0.39 is 0 Å². The van der Waals surface area contributed by atoms with Crippen molar-refractivity contribution in [3.63, 3.8) is 0 Å². The summed E-state index contributed by atoms with van der Waals surface area (Å²) in [7, 11) is 3.28. The highest BCUT2D eigenvalue weighted by atomic mass is 16.5. The third-order valence-corrected chi connectivity index (χ3v) is 3.55. The van der Waals surface area contributed by atoms with Gasteiger partial charge in [0.1, 0.15) is 0 Å². The van der Waals surface area contributed by atoms with E-state index in [-0.39, 0.29) is 0 Å². The lowest BCUT2D eigenvalue weighted by atomic mass is 10.1. The maximum atomic E-state index is 5.35. The first-order valence-corrected chi connectivity index (χ1v) is 6.80. The lowest BCUT2D eigenvalue weighted by molar-refractivity contribution is 0.355. The molecular weight excluding hydrogens is 254 g/mol. The second kappa shape index (κ2) is 5.54. The molecule has 106 valence electrons. The third kappa shape index (κ3) is 2.63. The molecule has 1 aromatic carbocycles. The number of hydrogen-bond acceptors (Lipinski definition) is 4. The van der Waals surface area contributed by atoms with Crippen LogP contribution < -0.4 is 14.8 Å². The molecule has 0 bridgehead atoms. The summed E-state index contributed by atoms with van der Waals surface area (Å²) in [6.07, 6.45) is 4.44. The molecule has 1 heterocycles. The van der Waals surface area contributed by atoms with Crippen LogP contribution >= 0.6 is 0 Å². The van der Waals surface area contributed by atoms with Crippen molar-refractivity contribution in [1.29, 1.82) is 0 Å². The van der Waals surface area contributed by atoms with Gasteiger partial charge in [-0.05, 0) is 31.0 Å². The summed E-state index contributed by atoms with van der Waals surface area (Å²) in [5, 5.41) is 10.7. The van der Waals surface area contributed by atoms with Crippen molar-refractivity contribution in [3.8, 4) is 22.8 Å². The Bertz CT molecular complexity index is 591. The fourth-order valence-electron chi connectivity index (χ4n) is 2.23. The monoisotopic (exact) mass is 273 g/mol. The summed E-state index contributed by atoms with van der Waals surface area (Å²) in [6.45, 7) is 0.838. The van der Waals surface area contributed by atoms with Crippen LogP contribution in [0.3, 0.4) is 0 Å². The third-order valence-electron chi connectivity index (χ3n) is 3.55. The van der Waals surface area contributed by atoms with Crippen molar-refractivity contribution >= 4 is 0 Å². The minimum absolute atomic E-state index is 0.683. The molecule has 0 spiro atoms. The molecule has 1 fully saturated rings. The van der Waals surface area contributed by atoms with Crippen molar-refractivity contribution < 1.29 is 9.47 Å². The Hall–Kier alpha value is -2.01. The van der Waals surface area contributed by atoms with Crippen LogP contribution in [-0.4, -0.2) is 30.5 Å². The van der Waals surface area contributed by atoms with Gasteiger partial charge in [-0.15, -0.1) is 0 Å².